The van der Waals surface area contributed by atoms with Crippen LogP contribution in [0.3, 0.4) is 0 Å². The maximum absolute atomic E-state index is 2.31. The van der Waals surface area contributed by atoms with Crippen LogP contribution in [0.1, 0.15) is 66.2 Å². The minimum atomic E-state index is 0.893. The Morgan fingerprint density at radius 1 is 0.917 bits per heavy atom. The molecule has 0 bridgehead atoms. The van der Waals surface area contributed by atoms with Gasteiger partial charge in [-0.25, -0.2) is 0 Å². The molecule has 0 N–H and O–H groups in total. The van der Waals surface area contributed by atoms with Crippen LogP contribution in [0.25, 0.3) is 0 Å². The summed E-state index contributed by atoms with van der Waals surface area (Å²) in [7, 11) is 0. The third-order valence-corrected chi connectivity index (χ3v) is 2.21. The maximum atomic E-state index is 2.31. The van der Waals surface area contributed by atoms with Crippen molar-refractivity contribution in [3.05, 3.63) is 5.92 Å². The van der Waals surface area contributed by atoms with E-state index in [-0.39, 0.29) is 0 Å². The summed E-state index contributed by atoms with van der Waals surface area (Å²) in [5.41, 5.74) is 0. The summed E-state index contributed by atoms with van der Waals surface area (Å²) >= 11 is 0. The van der Waals surface area contributed by atoms with E-state index < -0.39 is 0 Å². The van der Waals surface area contributed by atoms with E-state index in [1.54, 1.807) is 5.92 Å². The van der Waals surface area contributed by atoms with Gasteiger partial charge in [0.25, 0.3) is 0 Å². The van der Waals surface area contributed by atoms with Gasteiger partial charge in [0.1, 0.15) is 0 Å². The molecule has 0 rings (SSSR count). The Morgan fingerprint density at radius 2 is 1.50 bits per heavy atom. The van der Waals surface area contributed by atoms with E-state index in [0.29, 0.717) is 0 Å². The molecule has 0 spiro atoms. The molecule has 0 aromatic heterocycles. The molecule has 0 aliphatic heterocycles. The normalized spacial score (nSPS) is 11.5. The molecule has 0 aromatic rings. The monoisotopic (exact) mass is 169 g/mol. The van der Waals surface area contributed by atoms with E-state index in [0.717, 1.165) is 5.92 Å². The maximum Gasteiger partial charge on any atom is -0.0303 e. The molecular weight excluding hydrogens is 144 g/mol. The summed E-state index contributed by atoms with van der Waals surface area (Å²) in [6, 6.07) is 0. The van der Waals surface area contributed by atoms with Crippen LogP contribution < -0.4 is 0 Å². The first-order chi connectivity index (χ1) is 5.63. The van der Waals surface area contributed by atoms with Crippen LogP contribution in [0.2, 0.25) is 0 Å². The minimum Gasteiger partial charge on any atom is -0.0628 e. The summed E-state index contributed by atoms with van der Waals surface area (Å²) in [4.78, 5) is 0. The lowest BCUT2D eigenvalue weighted by Gasteiger charge is -2.05. The van der Waals surface area contributed by atoms with Crippen LogP contribution in [-0.4, -0.2) is 0 Å². The van der Waals surface area contributed by atoms with E-state index >= 15 is 0 Å². The molecule has 0 heteroatoms. The van der Waals surface area contributed by atoms with Crippen LogP contribution in [-0.2, 0) is 0 Å². The minimum absolute atomic E-state index is 0.893. The summed E-state index contributed by atoms with van der Waals surface area (Å²) in [5, 5.41) is 0. The van der Waals surface area contributed by atoms with Gasteiger partial charge in [-0.3, -0.25) is 0 Å². The molecule has 73 valence electrons. The number of hydrogen-bond acceptors (Lipinski definition) is 0. The average Bonchev–Trinajstić information content (AvgIpc) is 1.95. The fraction of sp³-hybridized carbons (Fsp3) is 0.917. The first kappa shape index (κ1) is 12.0. The summed E-state index contributed by atoms with van der Waals surface area (Å²) in [6.07, 6.45) is 8.45. The fourth-order valence-corrected chi connectivity index (χ4v) is 1.38. The standard InChI is InChI=1S/C12H25/c1-11(2)9-7-5-6-8-10-12(3)4/h11H,5-10H2,1-4H3. The highest BCUT2D eigenvalue weighted by Gasteiger charge is 1.96. The zero-order chi connectivity index (χ0) is 9.40. The van der Waals surface area contributed by atoms with Crippen molar-refractivity contribution in [1.82, 2.24) is 0 Å². The Balaban J connectivity index is 2.91. The fourth-order valence-electron chi connectivity index (χ4n) is 1.38. The second kappa shape index (κ2) is 7.64. The Hall–Kier alpha value is 0. The quantitative estimate of drug-likeness (QED) is 0.489. The van der Waals surface area contributed by atoms with Gasteiger partial charge in [0.2, 0.25) is 0 Å². The van der Waals surface area contributed by atoms with Crippen molar-refractivity contribution in [2.45, 2.75) is 66.2 Å². The Morgan fingerprint density at radius 3 is 2.00 bits per heavy atom. The lowest BCUT2D eigenvalue weighted by atomic mass is 10.0. The Kier molecular flexibility index (Phi) is 7.64. The molecule has 0 nitrogen and oxygen atoms in total. The Bertz CT molecular complexity index is 70.0. The molecule has 0 fully saturated rings. The molecule has 0 heterocycles. The van der Waals surface area contributed by atoms with Gasteiger partial charge in [-0.2, -0.15) is 0 Å². The lowest BCUT2D eigenvalue weighted by molar-refractivity contribution is 0.516. The first-order valence-electron chi connectivity index (χ1n) is 5.42. The first-order valence-corrected chi connectivity index (χ1v) is 5.42. The number of rotatable bonds is 7. The predicted molar refractivity (Wildman–Crippen MR) is 57.1 cm³/mol. The second-order valence-corrected chi connectivity index (χ2v) is 4.55. The van der Waals surface area contributed by atoms with E-state index in [2.05, 4.69) is 27.7 Å². The smallest absolute Gasteiger partial charge is 0.0303 e. The number of unbranched alkanes of at least 4 members (excludes halogenated alkanes) is 3. The highest BCUT2D eigenvalue weighted by molar-refractivity contribution is 4.75. The van der Waals surface area contributed by atoms with Crippen molar-refractivity contribution in [3.63, 3.8) is 0 Å². The van der Waals surface area contributed by atoms with Crippen molar-refractivity contribution in [2.75, 3.05) is 0 Å². The zero-order valence-corrected chi connectivity index (χ0v) is 9.32. The molecule has 0 saturated heterocycles. The van der Waals surface area contributed by atoms with Gasteiger partial charge in [0.05, 0.1) is 0 Å². The topological polar surface area (TPSA) is 0 Å². The van der Waals surface area contributed by atoms with Gasteiger partial charge in [0.15, 0.2) is 0 Å². The molecule has 1 radical (unpaired) electrons. The molecule has 0 unspecified atom stereocenters. The van der Waals surface area contributed by atoms with Crippen molar-refractivity contribution in [2.24, 2.45) is 5.92 Å². The van der Waals surface area contributed by atoms with Gasteiger partial charge in [-0.05, 0) is 18.3 Å². The second-order valence-electron chi connectivity index (χ2n) is 4.55. The molecule has 0 amide bonds. The molecular formula is C12H25. The van der Waals surface area contributed by atoms with Gasteiger partial charge >= 0.3 is 0 Å². The summed E-state index contributed by atoms with van der Waals surface area (Å²) < 4.78 is 0. The van der Waals surface area contributed by atoms with E-state index in [1.165, 1.54) is 38.5 Å². The average molecular weight is 169 g/mol. The van der Waals surface area contributed by atoms with Crippen LogP contribution in [0.5, 0.6) is 0 Å². The predicted octanol–water partition coefficient (Wildman–Crippen LogP) is 4.60. The van der Waals surface area contributed by atoms with Gasteiger partial charge in [-0.15, -0.1) is 0 Å². The van der Waals surface area contributed by atoms with Crippen molar-refractivity contribution in [3.8, 4) is 0 Å². The molecule has 0 saturated carbocycles. The molecule has 0 aliphatic carbocycles. The van der Waals surface area contributed by atoms with Crippen LogP contribution in [0.4, 0.5) is 0 Å². The highest BCUT2D eigenvalue weighted by atomic mass is 14.0. The molecule has 12 heavy (non-hydrogen) atoms. The Labute approximate surface area is 78.8 Å². The number of hydrogen-bond donors (Lipinski definition) is 0. The van der Waals surface area contributed by atoms with Crippen molar-refractivity contribution < 1.29 is 0 Å². The third-order valence-electron chi connectivity index (χ3n) is 2.21. The van der Waals surface area contributed by atoms with Crippen LogP contribution in [0.15, 0.2) is 0 Å². The van der Waals surface area contributed by atoms with E-state index in [1.807, 2.05) is 0 Å². The van der Waals surface area contributed by atoms with Gasteiger partial charge < -0.3 is 0 Å². The van der Waals surface area contributed by atoms with Gasteiger partial charge in [0, 0.05) is 0 Å². The lowest BCUT2D eigenvalue weighted by Crippen LogP contribution is -1.88. The third kappa shape index (κ3) is 10.0. The van der Waals surface area contributed by atoms with Crippen LogP contribution >= 0.6 is 0 Å². The highest BCUT2D eigenvalue weighted by Crippen LogP contribution is 2.13. The van der Waals surface area contributed by atoms with Crippen molar-refractivity contribution in [1.29, 1.82) is 0 Å². The zero-order valence-electron chi connectivity index (χ0n) is 9.32. The van der Waals surface area contributed by atoms with Gasteiger partial charge in [-0.1, -0.05) is 59.8 Å². The van der Waals surface area contributed by atoms with E-state index in [9.17, 15) is 0 Å². The van der Waals surface area contributed by atoms with Crippen LogP contribution in [0, 0.1) is 11.8 Å². The van der Waals surface area contributed by atoms with E-state index in [4.69, 9.17) is 0 Å². The molecule has 0 atom stereocenters. The molecule has 0 aliphatic rings. The largest absolute Gasteiger partial charge is 0.0628 e. The SMILES string of the molecule is C[C](C)CCCCCCC(C)C. The van der Waals surface area contributed by atoms with Crippen molar-refractivity contribution >= 4 is 0 Å². The summed E-state index contributed by atoms with van der Waals surface area (Å²) in [5.74, 6) is 2.48. The summed E-state index contributed by atoms with van der Waals surface area (Å²) in [6.45, 7) is 9.08. The molecule has 0 aromatic carbocycles.